The maximum absolute atomic E-state index is 11.3. The zero-order chi connectivity index (χ0) is 12.8. The SMILES string of the molecule is CC.CCC(C)CC(=O)NCCCCCN.[HH].[HH]. The quantitative estimate of drug-likeness (QED) is 0.634. The average molecular weight is 234 g/mol. The van der Waals surface area contributed by atoms with Gasteiger partial charge < -0.3 is 11.1 Å². The van der Waals surface area contributed by atoms with Crippen molar-refractivity contribution in [2.24, 2.45) is 11.7 Å². The molecule has 3 heteroatoms. The molecule has 0 spiro atoms. The highest BCUT2D eigenvalue weighted by molar-refractivity contribution is 5.76. The Balaban J connectivity index is -0.000000232. The lowest BCUT2D eigenvalue weighted by Gasteiger charge is -2.08. The molecule has 0 aliphatic rings. The van der Waals surface area contributed by atoms with Crippen LogP contribution in [0.4, 0.5) is 0 Å². The van der Waals surface area contributed by atoms with Crippen molar-refractivity contribution < 1.29 is 7.65 Å². The smallest absolute Gasteiger partial charge is 0.220 e. The minimum atomic E-state index is 0. The van der Waals surface area contributed by atoms with Crippen LogP contribution in [0, 0.1) is 5.92 Å². The summed E-state index contributed by atoms with van der Waals surface area (Å²) in [7, 11) is 0. The van der Waals surface area contributed by atoms with Crippen LogP contribution in [0.5, 0.6) is 0 Å². The molecule has 0 heterocycles. The summed E-state index contributed by atoms with van der Waals surface area (Å²) in [5.74, 6) is 0.686. The van der Waals surface area contributed by atoms with Crippen LogP contribution in [0.25, 0.3) is 0 Å². The van der Waals surface area contributed by atoms with Crippen LogP contribution in [-0.2, 0) is 4.79 Å². The monoisotopic (exact) mass is 234 g/mol. The molecule has 0 aromatic carbocycles. The maximum Gasteiger partial charge on any atom is 0.220 e. The molecule has 3 N–H and O–H groups in total. The number of amides is 1. The number of hydrogen-bond donors (Lipinski definition) is 2. The molecule has 1 amide bonds. The van der Waals surface area contributed by atoms with Gasteiger partial charge in [-0.3, -0.25) is 4.79 Å². The first-order valence-corrected chi connectivity index (χ1v) is 6.67. The second-order valence-corrected chi connectivity index (χ2v) is 3.92. The van der Waals surface area contributed by atoms with Gasteiger partial charge in [0, 0.05) is 15.8 Å². The van der Waals surface area contributed by atoms with Crippen LogP contribution in [0.1, 0.15) is 62.7 Å². The van der Waals surface area contributed by atoms with Crippen molar-refractivity contribution in [1.82, 2.24) is 5.32 Å². The molecular weight excluding hydrogens is 200 g/mol. The second-order valence-electron chi connectivity index (χ2n) is 3.92. The Morgan fingerprint density at radius 3 is 2.44 bits per heavy atom. The van der Waals surface area contributed by atoms with Gasteiger partial charge in [0.2, 0.25) is 5.91 Å². The molecule has 0 aliphatic heterocycles. The minimum absolute atomic E-state index is 0. The molecule has 0 radical (unpaired) electrons. The Labute approximate surface area is 104 Å². The van der Waals surface area contributed by atoms with Gasteiger partial charge in [0.15, 0.2) is 0 Å². The van der Waals surface area contributed by atoms with E-state index in [1.54, 1.807) is 0 Å². The topological polar surface area (TPSA) is 55.1 Å². The summed E-state index contributed by atoms with van der Waals surface area (Å²) in [6.07, 6.45) is 4.94. The lowest BCUT2D eigenvalue weighted by Crippen LogP contribution is -2.25. The van der Waals surface area contributed by atoms with Crippen LogP contribution in [0.2, 0.25) is 0 Å². The van der Waals surface area contributed by atoms with Gasteiger partial charge in [-0.15, -0.1) is 0 Å². The zero-order valence-electron chi connectivity index (χ0n) is 11.5. The predicted molar refractivity (Wildman–Crippen MR) is 75.6 cm³/mol. The fourth-order valence-electron chi connectivity index (χ4n) is 1.21. The van der Waals surface area contributed by atoms with E-state index in [0.717, 1.165) is 38.8 Å². The Morgan fingerprint density at radius 2 is 1.94 bits per heavy atom. The first kappa shape index (κ1) is 17.8. The van der Waals surface area contributed by atoms with Gasteiger partial charge in [0.1, 0.15) is 0 Å². The lowest BCUT2D eigenvalue weighted by molar-refractivity contribution is -0.121. The summed E-state index contributed by atoms with van der Waals surface area (Å²) < 4.78 is 0. The Kier molecular flexibility index (Phi) is 16.1. The number of unbranched alkanes of at least 4 members (excludes halogenated alkanes) is 2. The fourth-order valence-corrected chi connectivity index (χ4v) is 1.21. The Morgan fingerprint density at radius 1 is 1.31 bits per heavy atom. The summed E-state index contributed by atoms with van der Waals surface area (Å²) in [5, 5.41) is 2.93. The van der Waals surface area contributed by atoms with Crippen molar-refractivity contribution >= 4 is 5.91 Å². The van der Waals surface area contributed by atoms with Crippen molar-refractivity contribution in [1.29, 1.82) is 0 Å². The fraction of sp³-hybridized carbons (Fsp3) is 0.923. The molecule has 0 rings (SSSR count). The Bertz CT molecular complexity index is 158. The molecule has 1 unspecified atom stereocenters. The van der Waals surface area contributed by atoms with Crippen molar-refractivity contribution in [3.8, 4) is 0 Å². The Hall–Kier alpha value is -0.570. The van der Waals surface area contributed by atoms with Crippen molar-refractivity contribution in [3.63, 3.8) is 0 Å². The lowest BCUT2D eigenvalue weighted by atomic mass is 10.1. The van der Waals surface area contributed by atoms with Crippen molar-refractivity contribution in [2.45, 2.75) is 59.8 Å². The van der Waals surface area contributed by atoms with E-state index in [4.69, 9.17) is 5.73 Å². The molecule has 1 atom stereocenters. The summed E-state index contributed by atoms with van der Waals surface area (Å²) in [6, 6.07) is 0. The van der Waals surface area contributed by atoms with E-state index in [1.807, 2.05) is 13.8 Å². The van der Waals surface area contributed by atoms with Crippen LogP contribution >= 0.6 is 0 Å². The molecule has 0 aromatic heterocycles. The molecule has 0 aromatic rings. The van der Waals surface area contributed by atoms with Crippen molar-refractivity contribution in [3.05, 3.63) is 0 Å². The zero-order valence-corrected chi connectivity index (χ0v) is 11.5. The van der Waals surface area contributed by atoms with Crippen LogP contribution in [-0.4, -0.2) is 19.0 Å². The molecule has 0 saturated heterocycles. The van der Waals surface area contributed by atoms with E-state index in [2.05, 4.69) is 19.2 Å². The average Bonchev–Trinajstić information content (AvgIpc) is 2.31. The van der Waals surface area contributed by atoms with E-state index in [1.165, 1.54) is 0 Å². The summed E-state index contributed by atoms with van der Waals surface area (Å²) >= 11 is 0. The van der Waals surface area contributed by atoms with E-state index < -0.39 is 0 Å². The molecule has 16 heavy (non-hydrogen) atoms. The molecular formula is C13H34N2O. The first-order valence-electron chi connectivity index (χ1n) is 6.67. The standard InChI is InChI=1S/C11H24N2O.C2H6.2H2/c1-3-10(2)9-11(14)13-8-6-4-5-7-12;1-2;;/h10H,3-9,12H2,1-2H3,(H,13,14);1-2H3;2*1H. The van der Waals surface area contributed by atoms with E-state index in [0.29, 0.717) is 12.3 Å². The van der Waals surface area contributed by atoms with Crippen LogP contribution in [0.15, 0.2) is 0 Å². The molecule has 3 nitrogen and oxygen atoms in total. The number of hydrogen-bond acceptors (Lipinski definition) is 2. The van der Waals surface area contributed by atoms with E-state index in [9.17, 15) is 4.79 Å². The summed E-state index contributed by atoms with van der Waals surface area (Å²) in [6.45, 7) is 9.77. The highest BCUT2D eigenvalue weighted by Crippen LogP contribution is 2.05. The normalized spacial score (nSPS) is 11.3. The number of carbonyl (C=O) groups excluding carboxylic acids is 1. The van der Waals surface area contributed by atoms with E-state index in [-0.39, 0.29) is 8.76 Å². The third-order valence-electron chi connectivity index (χ3n) is 2.43. The third-order valence-corrected chi connectivity index (χ3v) is 2.43. The summed E-state index contributed by atoms with van der Waals surface area (Å²) in [5.41, 5.74) is 5.37. The van der Waals surface area contributed by atoms with Gasteiger partial charge in [-0.25, -0.2) is 0 Å². The number of nitrogens with one attached hydrogen (secondary N) is 1. The van der Waals surface area contributed by atoms with Gasteiger partial charge >= 0.3 is 0 Å². The second kappa shape index (κ2) is 14.4. The molecule has 0 aliphatic carbocycles. The van der Waals surface area contributed by atoms with Crippen LogP contribution in [0.3, 0.4) is 0 Å². The highest BCUT2D eigenvalue weighted by atomic mass is 16.1. The molecule has 0 bridgehead atoms. The number of carbonyl (C=O) groups is 1. The first-order chi connectivity index (χ1) is 7.70. The molecule has 102 valence electrons. The van der Waals surface area contributed by atoms with Crippen molar-refractivity contribution in [2.75, 3.05) is 13.1 Å². The third kappa shape index (κ3) is 13.4. The van der Waals surface area contributed by atoms with Gasteiger partial charge in [0.05, 0.1) is 0 Å². The minimum Gasteiger partial charge on any atom is -0.356 e. The van der Waals surface area contributed by atoms with Gasteiger partial charge in [-0.2, -0.15) is 0 Å². The van der Waals surface area contributed by atoms with Gasteiger partial charge in [-0.1, -0.05) is 40.5 Å². The molecule has 0 fully saturated rings. The number of rotatable bonds is 8. The van der Waals surface area contributed by atoms with Crippen LogP contribution < -0.4 is 11.1 Å². The number of nitrogens with two attached hydrogens (primary N) is 1. The van der Waals surface area contributed by atoms with Gasteiger partial charge in [-0.05, 0) is 25.3 Å². The summed E-state index contributed by atoms with van der Waals surface area (Å²) in [4.78, 5) is 11.3. The van der Waals surface area contributed by atoms with Gasteiger partial charge in [0.25, 0.3) is 0 Å². The maximum atomic E-state index is 11.3. The largest absolute Gasteiger partial charge is 0.356 e. The molecule has 0 saturated carbocycles. The van der Waals surface area contributed by atoms with E-state index >= 15 is 0 Å². The highest BCUT2D eigenvalue weighted by Gasteiger charge is 2.05. The predicted octanol–water partition coefficient (Wildman–Crippen LogP) is 3.19.